The molecule has 1 atom stereocenters. The second-order valence-corrected chi connectivity index (χ2v) is 3.66. The van der Waals surface area contributed by atoms with E-state index in [2.05, 4.69) is 25.3 Å². The minimum Gasteiger partial charge on any atom is -0.393 e. The molecular weight excluding hydrogens is 144 g/mol. The van der Waals surface area contributed by atoms with Crippen LogP contribution in [0.2, 0.25) is 0 Å². The highest BCUT2D eigenvalue weighted by atomic mass is 32.2. The zero-order valence-electron chi connectivity index (χ0n) is 4.57. The van der Waals surface area contributed by atoms with Crippen LogP contribution in [0.5, 0.6) is 0 Å². The van der Waals surface area contributed by atoms with Gasteiger partial charge in [-0.1, -0.05) is 0 Å². The third kappa shape index (κ3) is 6.62. The molecule has 0 aromatic carbocycles. The van der Waals surface area contributed by atoms with Gasteiger partial charge in [0.05, 0.1) is 6.10 Å². The van der Waals surface area contributed by atoms with Gasteiger partial charge in [-0.3, -0.25) is 0 Å². The third-order valence-electron chi connectivity index (χ3n) is 0.569. The maximum atomic E-state index is 8.76. The summed E-state index contributed by atoms with van der Waals surface area (Å²) in [7, 11) is 0. The first-order chi connectivity index (χ1) is 3.42. The van der Waals surface area contributed by atoms with Gasteiger partial charge in [-0.05, 0) is 6.92 Å². The van der Waals surface area contributed by atoms with Crippen molar-refractivity contribution in [2.24, 2.45) is 0 Å². The number of aliphatic hydroxyl groups is 2. The predicted molar refractivity (Wildman–Crippen MR) is 39.2 cm³/mol. The first-order valence-electron chi connectivity index (χ1n) is 2.27. The highest BCUT2D eigenvalue weighted by Crippen LogP contribution is 2.20. The second kappa shape index (κ2) is 2.96. The molecule has 0 radical (unpaired) electrons. The molecule has 0 aliphatic heterocycles. The summed E-state index contributed by atoms with van der Waals surface area (Å²) < 4.78 is -1.34. The van der Waals surface area contributed by atoms with Crippen LogP contribution < -0.4 is 0 Å². The summed E-state index contributed by atoms with van der Waals surface area (Å²) in [6.45, 7) is 1.57. The Morgan fingerprint density at radius 3 is 2.00 bits per heavy atom. The van der Waals surface area contributed by atoms with Crippen LogP contribution in [0.4, 0.5) is 0 Å². The molecule has 0 heterocycles. The monoisotopic (exact) mass is 154 g/mol. The Kier molecular flexibility index (Phi) is 3.19. The molecule has 0 amide bonds. The first-order valence-corrected chi connectivity index (χ1v) is 3.16. The summed E-state index contributed by atoms with van der Waals surface area (Å²) in [4.78, 5) is 0. The normalized spacial score (nSPS) is 16.1. The molecule has 0 saturated carbocycles. The summed E-state index contributed by atoms with van der Waals surface area (Å²) in [5, 5.41) is 17.4. The lowest BCUT2D eigenvalue weighted by atomic mass is 10.3. The number of hydrogen-bond acceptors (Lipinski definition) is 4. The highest BCUT2D eigenvalue weighted by molar-refractivity contribution is 8.00. The Morgan fingerprint density at radius 1 is 1.62 bits per heavy atom. The van der Waals surface area contributed by atoms with E-state index in [9.17, 15) is 0 Å². The van der Waals surface area contributed by atoms with Crippen molar-refractivity contribution in [3.05, 3.63) is 0 Å². The average molecular weight is 154 g/mol. The Hall–Kier alpha value is 0.620. The largest absolute Gasteiger partial charge is 0.393 e. The first kappa shape index (κ1) is 8.62. The molecule has 0 aromatic heterocycles. The molecule has 1 unspecified atom stereocenters. The van der Waals surface area contributed by atoms with E-state index in [1.807, 2.05) is 0 Å². The molecular formula is C4H10O2S2. The number of aliphatic hydroxyl groups excluding tert-OH is 1. The van der Waals surface area contributed by atoms with Crippen LogP contribution in [0.3, 0.4) is 0 Å². The van der Waals surface area contributed by atoms with Crippen LogP contribution in [0.15, 0.2) is 0 Å². The summed E-state index contributed by atoms with van der Waals surface area (Å²) >= 11 is 7.31. The minimum atomic E-state index is -1.34. The molecule has 8 heavy (non-hydrogen) atoms. The lowest BCUT2D eigenvalue weighted by molar-refractivity contribution is 0.121. The summed E-state index contributed by atoms with van der Waals surface area (Å²) in [5.41, 5.74) is 0. The van der Waals surface area contributed by atoms with Crippen molar-refractivity contribution < 1.29 is 10.2 Å². The maximum absolute atomic E-state index is 8.76. The molecule has 0 rings (SSSR count). The smallest absolute Gasteiger partial charge is 0.154 e. The Labute approximate surface area is 59.7 Å². The van der Waals surface area contributed by atoms with Crippen molar-refractivity contribution in [3.63, 3.8) is 0 Å². The topological polar surface area (TPSA) is 40.5 Å². The molecule has 0 spiro atoms. The van der Waals surface area contributed by atoms with E-state index in [4.69, 9.17) is 10.2 Å². The molecule has 2 nitrogen and oxygen atoms in total. The molecule has 50 valence electrons. The SMILES string of the molecule is CC(O)CC(O)(S)S. The molecule has 0 bridgehead atoms. The quantitative estimate of drug-likeness (QED) is 0.340. The van der Waals surface area contributed by atoms with Crippen LogP contribution in [-0.4, -0.2) is 20.6 Å². The second-order valence-electron chi connectivity index (χ2n) is 1.83. The lowest BCUT2D eigenvalue weighted by Gasteiger charge is -2.15. The zero-order chi connectivity index (χ0) is 6.78. The van der Waals surface area contributed by atoms with Crippen molar-refractivity contribution in [1.82, 2.24) is 0 Å². The van der Waals surface area contributed by atoms with E-state index in [-0.39, 0.29) is 6.42 Å². The van der Waals surface area contributed by atoms with E-state index in [1.54, 1.807) is 6.92 Å². The van der Waals surface area contributed by atoms with E-state index < -0.39 is 10.4 Å². The highest BCUT2D eigenvalue weighted by Gasteiger charge is 2.17. The van der Waals surface area contributed by atoms with Gasteiger partial charge in [-0.2, -0.15) is 0 Å². The third-order valence-corrected chi connectivity index (χ3v) is 0.934. The fourth-order valence-corrected chi connectivity index (χ4v) is 0.925. The van der Waals surface area contributed by atoms with Gasteiger partial charge in [-0.25, -0.2) is 0 Å². The van der Waals surface area contributed by atoms with Crippen LogP contribution in [0.1, 0.15) is 13.3 Å². The van der Waals surface area contributed by atoms with Gasteiger partial charge >= 0.3 is 0 Å². The number of thiol groups is 2. The molecule has 0 aromatic rings. The van der Waals surface area contributed by atoms with Crippen LogP contribution in [0, 0.1) is 0 Å². The van der Waals surface area contributed by atoms with Gasteiger partial charge < -0.3 is 10.2 Å². The number of rotatable bonds is 2. The molecule has 2 N–H and O–H groups in total. The van der Waals surface area contributed by atoms with Crippen molar-refractivity contribution in [1.29, 1.82) is 0 Å². The summed E-state index contributed by atoms with van der Waals surface area (Å²) in [6.07, 6.45) is -0.394. The van der Waals surface area contributed by atoms with Gasteiger partial charge in [0.15, 0.2) is 4.27 Å². The van der Waals surface area contributed by atoms with Gasteiger partial charge in [0, 0.05) is 6.42 Å². The number of hydrogen-bond donors (Lipinski definition) is 4. The molecule has 0 aliphatic carbocycles. The minimum absolute atomic E-state index is 0.166. The maximum Gasteiger partial charge on any atom is 0.154 e. The van der Waals surface area contributed by atoms with E-state index in [0.29, 0.717) is 0 Å². The van der Waals surface area contributed by atoms with Crippen molar-refractivity contribution in [2.45, 2.75) is 23.7 Å². The Bertz CT molecular complexity index is 66.9. The van der Waals surface area contributed by atoms with E-state index in [0.717, 1.165) is 0 Å². The van der Waals surface area contributed by atoms with E-state index in [1.165, 1.54) is 0 Å². The molecule has 4 heteroatoms. The van der Waals surface area contributed by atoms with E-state index >= 15 is 0 Å². The average Bonchev–Trinajstić information content (AvgIpc) is 1.21. The fraction of sp³-hybridized carbons (Fsp3) is 1.00. The van der Waals surface area contributed by atoms with Gasteiger partial charge in [0.2, 0.25) is 0 Å². The van der Waals surface area contributed by atoms with Crippen molar-refractivity contribution >= 4 is 25.3 Å². The van der Waals surface area contributed by atoms with Crippen molar-refractivity contribution in [2.75, 3.05) is 0 Å². The fourth-order valence-electron chi connectivity index (χ4n) is 0.396. The summed E-state index contributed by atoms with van der Waals surface area (Å²) in [6, 6.07) is 0. The molecule has 0 aliphatic rings. The van der Waals surface area contributed by atoms with Crippen LogP contribution in [0.25, 0.3) is 0 Å². The summed E-state index contributed by atoms with van der Waals surface area (Å²) in [5.74, 6) is 0. The Morgan fingerprint density at radius 2 is 2.00 bits per heavy atom. The van der Waals surface area contributed by atoms with Gasteiger partial charge in [0.25, 0.3) is 0 Å². The lowest BCUT2D eigenvalue weighted by Crippen LogP contribution is -2.18. The zero-order valence-corrected chi connectivity index (χ0v) is 6.36. The van der Waals surface area contributed by atoms with Gasteiger partial charge in [0.1, 0.15) is 0 Å². The van der Waals surface area contributed by atoms with Crippen LogP contribution >= 0.6 is 25.3 Å². The standard InChI is InChI=1S/C4H10O2S2/c1-3(5)2-4(6,7)8/h3,5-8H,2H2,1H3. The Balaban J connectivity index is 3.39. The van der Waals surface area contributed by atoms with Crippen molar-refractivity contribution in [3.8, 4) is 0 Å². The van der Waals surface area contributed by atoms with Gasteiger partial charge in [-0.15, -0.1) is 25.3 Å². The van der Waals surface area contributed by atoms with Crippen LogP contribution in [-0.2, 0) is 0 Å². The molecule has 0 fully saturated rings. The predicted octanol–water partition coefficient (Wildman–Crippen LogP) is 0.263. The molecule has 0 saturated heterocycles.